The maximum atomic E-state index is 13.2. The van der Waals surface area contributed by atoms with Crippen LogP contribution in [-0.4, -0.2) is 43.4 Å². The summed E-state index contributed by atoms with van der Waals surface area (Å²) in [7, 11) is -3.09. The van der Waals surface area contributed by atoms with Gasteiger partial charge in [-0.05, 0) is 55.2 Å². The second-order valence-corrected chi connectivity index (χ2v) is 9.35. The average Bonchev–Trinajstić information content (AvgIpc) is 3.06. The summed E-state index contributed by atoms with van der Waals surface area (Å²) in [6.45, 7) is 4.97. The van der Waals surface area contributed by atoms with Gasteiger partial charge in [-0.2, -0.15) is 0 Å². The first kappa shape index (κ1) is 20.4. The molecule has 6 heteroatoms. The molecule has 1 heterocycles. The van der Waals surface area contributed by atoms with Gasteiger partial charge in [0.2, 0.25) is 0 Å². The van der Waals surface area contributed by atoms with Gasteiger partial charge < -0.3 is 9.64 Å². The van der Waals surface area contributed by atoms with Crippen molar-refractivity contribution < 1.29 is 17.9 Å². The molecule has 1 amide bonds. The van der Waals surface area contributed by atoms with E-state index < -0.39 is 9.84 Å². The maximum Gasteiger partial charge on any atom is 0.254 e. The number of carbonyl (C=O) groups is 1. The molecular weight excluding hydrogens is 374 g/mol. The molecule has 1 fully saturated rings. The number of ether oxygens (including phenoxy) is 1. The Bertz CT molecular complexity index is 905. The lowest BCUT2D eigenvalue weighted by Crippen LogP contribution is -2.40. The van der Waals surface area contributed by atoms with E-state index >= 15 is 0 Å². The monoisotopic (exact) mass is 401 g/mol. The highest BCUT2D eigenvalue weighted by Crippen LogP contribution is 2.23. The molecule has 0 N–H and O–H groups in total. The summed E-state index contributed by atoms with van der Waals surface area (Å²) >= 11 is 0. The molecule has 0 aromatic heterocycles. The molecule has 1 aliphatic heterocycles. The van der Waals surface area contributed by atoms with E-state index in [2.05, 4.69) is 19.1 Å². The summed E-state index contributed by atoms with van der Waals surface area (Å²) in [6.07, 6.45) is 1.44. The van der Waals surface area contributed by atoms with Gasteiger partial charge in [0.25, 0.3) is 5.91 Å². The molecule has 0 spiro atoms. The number of sulfone groups is 1. The zero-order valence-electron chi connectivity index (χ0n) is 16.4. The third kappa shape index (κ3) is 4.93. The summed E-state index contributed by atoms with van der Waals surface area (Å²) in [4.78, 5) is 14.9. The number of rotatable bonds is 7. The molecule has 28 heavy (non-hydrogen) atoms. The summed E-state index contributed by atoms with van der Waals surface area (Å²) < 4.78 is 29.4. The van der Waals surface area contributed by atoms with Gasteiger partial charge in [0.1, 0.15) is 5.75 Å². The van der Waals surface area contributed by atoms with Crippen LogP contribution in [0.4, 0.5) is 0 Å². The molecule has 0 radical (unpaired) electrons. The zero-order valence-corrected chi connectivity index (χ0v) is 17.2. The Morgan fingerprint density at radius 2 is 1.68 bits per heavy atom. The highest BCUT2D eigenvalue weighted by Gasteiger charge is 2.35. The second-order valence-electron chi connectivity index (χ2n) is 7.12. The third-order valence-electron chi connectivity index (χ3n) is 5.11. The summed E-state index contributed by atoms with van der Waals surface area (Å²) in [5.74, 6) is 0.733. The smallest absolute Gasteiger partial charge is 0.254 e. The van der Waals surface area contributed by atoms with E-state index in [0.717, 1.165) is 12.0 Å². The van der Waals surface area contributed by atoms with E-state index in [1.807, 2.05) is 19.1 Å². The lowest BCUT2D eigenvalue weighted by Gasteiger charge is -2.28. The molecule has 0 bridgehead atoms. The lowest BCUT2D eigenvalue weighted by atomic mass is 10.1. The number of benzene rings is 2. The fourth-order valence-corrected chi connectivity index (χ4v) is 5.22. The maximum absolute atomic E-state index is 13.2. The Morgan fingerprint density at radius 1 is 1.04 bits per heavy atom. The van der Waals surface area contributed by atoms with E-state index in [4.69, 9.17) is 4.74 Å². The molecule has 0 aliphatic carbocycles. The van der Waals surface area contributed by atoms with Crippen LogP contribution < -0.4 is 4.74 Å². The van der Waals surface area contributed by atoms with Crippen LogP contribution in [0, 0.1) is 0 Å². The zero-order chi connectivity index (χ0) is 20.1. The van der Waals surface area contributed by atoms with Crippen LogP contribution in [0.3, 0.4) is 0 Å². The van der Waals surface area contributed by atoms with Crippen molar-refractivity contribution in [3.63, 3.8) is 0 Å². The van der Waals surface area contributed by atoms with Crippen molar-refractivity contribution in [1.29, 1.82) is 0 Å². The van der Waals surface area contributed by atoms with E-state index in [1.54, 1.807) is 29.2 Å². The minimum absolute atomic E-state index is 0.0306. The van der Waals surface area contributed by atoms with Crippen molar-refractivity contribution in [3.8, 4) is 5.75 Å². The van der Waals surface area contributed by atoms with E-state index in [1.165, 1.54) is 5.56 Å². The van der Waals surface area contributed by atoms with Crippen molar-refractivity contribution in [2.45, 2.75) is 39.3 Å². The molecule has 2 aromatic rings. The molecule has 3 rings (SSSR count). The topological polar surface area (TPSA) is 63.7 Å². The van der Waals surface area contributed by atoms with Crippen molar-refractivity contribution >= 4 is 15.7 Å². The second kappa shape index (κ2) is 8.78. The van der Waals surface area contributed by atoms with Crippen molar-refractivity contribution in [2.24, 2.45) is 0 Å². The normalized spacial score (nSPS) is 18.0. The molecule has 0 saturated carbocycles. The van der Waals surface area contributed by atoms with Crippen LogP contribution in [0.5, 0.6) is 5.75 Å². The van der Waals surface area contributed by atoms with Gasteiger partial charge in [0.05, 0.1) is 18.1 Å². The largest absolute Gasteiger partial charge is 0.494 e. The van der Waals surface area contributed by atoms with Crippen LogP contribution in [0.1, 0.15) is 41.8 Å². The molecule has 1 atom stereocenters. The fraction of sp³-hybridized carbons (Fsp3) is 0.409. The van der Waals surface area contributed by atoms with Crippen molar-refractivity contribution in [2.75, 3.05) is 18.1 Å². The van der Waals surface area contributed by atoms with Gasteiger partial charge >= 0.3 is 0 Å². The Hall–Kier alpha value is -2.34. The molecule has 1 saturated heterocycles. The van der Waals surface area contributed by atoms with Crippen LogP contribution in [0.15, 0.2) is 48.5 Å². The van der Waals surface area contributed by atoms with Gasteiger partial charge in [0.15, 0.2) is 9.84 Å². The highest BCUT2D eigenvalue weighted by molar-refractivity contribution is 7.91. The van der Waals surface area contributed by atoms with E-state index in [-0.39, 0.29) is 23.5 Å². The molecule has 150 valence electrons. The Kier molecular flexibility index (Phi) is 6.39. The quantitative estimate of drug-likeness (QED) is 0.713. The minimum Gasteiger partial charge on any atom is -0.494 e. The SMILES string of the molecule is CCOc1ccc(C(=O)N(Cc2ccc(CC)cc2)[C@@H]2CCS(=O)(=O)C2)cc1. The minimum atomic E-state index is -3.09. The molecule has 0 unspecified atom stereocenters. The molecular formula is C22H27NO4S. The predicted molar refractivity (Wildman–Crippen MR) is 110 cm³/mol. The van der Waals surface area contributed by atoms with Crippen LogP contribution in [0.25, 0.3) is 0 Å². The van der Waals surface area contributed by atoms with Crippen molar-refractivity contribution in [3.05, 3.63) is 65.2 Å². The van der Waals surface area contributed by atoms with Crippen LogP contribution in [-0.2, 0) is 22.8 Å². The van der Waals surface area contributed by atoms with Gasteiger partial charge in [-0.3, -0.25) is 4.79 Å². The van der Waals surface area contributed by atoms with Gasteiger partial charge in [0, 0.05) is 18.2 Å². The third-order valence-corrected chi connectivity index (χ3v) is 6.86. The summed E-state index contributed by atoms with van der Waals surface area (Å²) in [5, 5.41) is 0. The standard InChI is InChI=1S/C22H27NO4S/c1-3-17-5-7-18(8-6-17)15-23(20-13-14-28(25,26)16-20)22(24)19-9-11-21(12-10-19)27-4-2/h5-12,20H,3-4,13-16H2,1-2H3/t20-/m1/s1. The number of hydrogen-bond donors (Lipinski definition) is 0. The number of amides is 1. The fourth-order valence-electron chi connectivity index (χ4n) is 3.49. The lowest BCUT2D eigenvalue weighted by molar-refractivity contribution is 0.0681. The van der Waals surface area contributed by atoms with Gasteiger partial charge in [-0.15, -0.1) is 0 Å². The summed E-state index contributed by atoms with van der Waals surface area (Å²) in [6, 6.07) is 14.9. The summed E-state index contributed by atoms with van der Waals surface area (Å²) in [5.41, 5.74) is 2.77. The number of carbonyl (C=O) groups excluding carboxylic acids is 1. The van der Waals surface area contributed by atoms with E-state index in [9.17, 15) is 13.2 Å². The molecule has 5 nitrogen and oxygen atoms in total. The Balaban J connectivity index is 1.85. The number of aryl methyl sites for hydroxylation is 1. The predicted octanol–water partition coefficient (Wildman–Crippen LogP) is 3.48. The van der Waals surface area contributed by atoms with Gasteiger partial charge in [-0.25, -0.2) is 8.42 Å². The van der Waals surface area contributed by atoms with Gasteiger partial charge in [-0.1, -0.05) is 31.2 Å². The van der Waals surface area contributed by atoms with E-state index in [0.29, 0.717) is 30.9 Å². The number of nitrogens with zero attached hydrogens (tertiary/aromatic N) is 1. The first-order valence-electron chi connectivity index (χ1n) is 9.74. The first-order valence-corrected chi connectivity index (χ1v) is 11.6. The van der Waals surface area contributed by atoms with Crippen LogP contribution in [0.2, 0.25) is 0 Å². The average molecular weight is 402 g/mol. The first-order chi connectivity index (χ1) is 13.4. The number of hydrogen-bond acceptors (Lipinski definition) is 4. The molecule has 1 aliphatic rings. The highest BCUT2D eigenvalue weighted by atomic mass is 32.2. The van der Waals surface area contributed by atoms with Crippen LogP contribution >= 0.6 is 0 Å². The Morgan fingerprint density at radius 3 is 2.21 bits per heavy atom. The molecule has 2 aromatic carbocycles. The Labute approximate surface area is 167 Å². The van der Waals surface area contributed by atoms with Crippen molar-refractivity contribution in [1.82, 2.24) is 4.90 Å².